The molecular formula is C20H18ClN5O4. The van der Waals surface area contributed by atoms with Gasteiger partial charge in [0, 0.05) is 5.69 Å². The molecule has 3 amide bonds. The molecule has 1 N–H and O–H groups in total. The first-order valence-electron chi connectivity index (χ1n) is 9.14. The third-order valence-corrected chi connectivity index (χ3v) is 5.19. The Balaban J connectivity index is 1.46. The van der Waals surface area contributed by atoms with Gasteiger partial charge in [0.15, 0.2) is 12.1 Å². The van der Waals surface area contributed by atoms with Crippen molar-refractivity contribution in [2.75, 3.05) is 23.9 Å². The number of halogens is 1. The van der Waals surface area contributed by atoms with Gasteiger partial charge in [-0.2, -0.15) is 5.11 Å². The highest BCUT2D eigenvalue weighted by Crippen LogP contribution is 2.32. The van der Waals surface area contributed by atoms with Gasteiger partial charge in [0.1, 0.15) is 12.3 Å². The van der Waals surface area contributed by atoms with Crippen LogP contribution in [0.15, 0.2) is 52.8 Å². The normalized spacial score (nSPS) is 20.0. The van der Waals surface area contributed by atoms with Gasteiger partial charge in [-0.05, 0) is 37.3 Å². The molecule has 0 aromatic heterocycles. The predicted molar refractivity (Wildman–Crippen MR) is 109 cm³/mol. The van der Waals surface area contributed by atoms with Crippen LogP contribution in [0.1, 0.15) is 5.56 Å². The SMILES string of the molecule is COc1ccc(NC(=O)CN2N=N[C@H]3C(=O)N(c4ccc(C)cc4)C(=O)[C@H]32)cc1Cl. The zero-order valence-electron chi connectivity index (χ0n) is 16.2. The van der Waals surface area contributed by atoms with E-state index in [0.29, 0.717) is 22.1 Å². The maximum Gasteiger partial charge on any atom is 0.263 e. The standard InChI is InChI=1S/C20H18ClN5O4/c1-11-3-6-13(7-4-11)26-19(28)17-18(20(26)29)25(24-23-17)10-16(27)22-12-5-8-15(30-2)14(21)9-12/h3-9,17-18H,10H2,1-2H3,(H,22,27)/t17-,18+/m1/s1. The fourth-order valence-corrected chi connectivity index (χ4v) is 3.65. The fraction of sp³-hybridized carbons (Fsp3) is 0.250. The number of imide groups is 1. The molecule has 0 unspecified atom stereocenters. The number of benzene rings is 2. The molecule has 10 heteroatoms. The summed E-state index contributed by atoms with van der Waals surface area (Å²) in [5.41, 5.74) is 1.95. The van der Waals surface area contributed by atoms with E-state index in [2.05, 4.69) is 15.7 Å². The molecule has 2 aromatic carbocycles. The van der Waals surface area contributed by atoms with Gasteiger partial charge in [0.05, 0.1) is 17.8 Å². The molecule has 30 heavy (non-hydrogen) atoms. The van der Waals surface area contributed by atoms with E-state index in [1.807, 2.05) is 19.1 Å². The Morgan fingerprint density at radius 2 is 1.90 bits per heavy atom. The van der Waals surface area contributed by atoms with Crippen molar-refractivity contribution in [3.63, 3.8) is 0 Å². The summed E-state index contributed by atoms with van der Waals surface area (Å²) < 4.78 is 5.08. The lowest BCUT2D eigenvalue weighted by atomic mass is 10.1. The molecule has 2 atom stereocenters. The molecule has 1 fully saturated rings. The van der Waals surface area contributed by atoms with E-state index in [9.17, 15) is 14.4 Å². The predicted octanol–water partition coefficient (Wildman–Crippen LogP) is 2.59. The summed E-state index contributed by atoms with van der Waals surface area (Å²) in [4.78, 5) is 39.2. The van der Waals surface area contributed by atoms with Crippen LogP contribution < -0.4 is 15.0 Å². The highest BCUT2D eigenvalue weighted by molar-refractivity contribution is 6.32. The number of carbonyl (C=O) groups is 3. The van der Waals surface area contributed by atoms with Gasteiger partial charge >= 0.3 is 0 Å². The van der Waals surface area contributed by atoms with E-state index in [1.54, 1.807) is 30.3 Å². The van der Waals surface area contributed by atoms with Gasteiger partial charge < -0.3 is 10.1 Å². The summed E-state index contributed by atoms with van der Waals surface area (Å²) in [5.74, 6) is -0.858. The van der Waals surface area contributed by atoms with Gasteiger partial charge in [-0.1, -0.05) is 34.5 Å². The van der Waals surface area contributed by atoms with Crippen LogP contribution in [0, 0.1) is 6.92 Å². The highest BCUT2D eigenvalue weighted by Gasteiger charge is 2.55. The van der Waals surface area contributed by atoms with E-state index in [4.69, 9.17) is 16.3 Å². The minimum atomic E-state index is -0.956. The second-order valence-electron chi connectivity index (χ2n) is 6.94. The van der Waals surface area contributed by atoms with Gasteiger partial charge in [-0.15, -0.1) is 0 Å². The Labute approximate surface area is 177 Å². The van der Waals surface area contributed by atoms with E-state index >= 15 is 0 Å². The monoisotopic (exact) mass is 427 g/mol. The number of fused-ring (bicyclic) bond motifs is 1. The summed E-state index contributed by atoms with van der Waals surface area (Å²) in [5, 5.41) is 12.1. The Bertz CT molecular complexity index is 1060. The molecule has 2 aliphatic heterocycles. The number of aryl methyl sites for hydroxylation is 1. The number of ether oxygens (including phenoxy) is 1. The summed E-state index contributed by atoms with van der Waals surface area (Å²) in [6.45, 7) is 1.67. The van der Waals surface area contributed by atoms with Crippen molar-refractivity contribution < 1.29 is 19.1 Å². The molecule has 0 spiro atoms. The van der Waals surface area contributed by atoms with Gasteiger partial charge in [-0.25, -0.2) is 4.90 Å². The summed E-state index contributed by atoms with van der Waals surface area (Å²) in [7, 11) is 1.49. The van der Waals surface area contributed by atoms with Crippen molar-refractivity contribution in [3.8, 4) is 5.75 Å². The second-order valence-corrected chi connectivity index (χ2v) is 7.34. The average molecular weight is 428 g/mol. The molecule has 2 aromatic rings. The summed E-state index contributed by atoms with van der Waals surface area (Å²) in [6.07, 6.45) is 0. The third kappa shape index (κ3) is 3.48. The number of rotatable bonds is 5. The molecular weight excluding hydrogens is 410 g/mol. The van der Waals surface area contributed by atoms with E-state index in [-0.39, 0.29) is 6.54 Å². The Hall–Kier alpha value is -3.46. The molecule has 2 heterocycles. The molecule has 0 aliphatic carbocycles. The van der Waals surface area contributed by atoms with Crippen LogP contribution in [0.3, 0.4) is 0 Å². The smallest absolute Gasteiger partial charge is 0.263 e. The van der Waals surface area contributed by atoms with Crippen LogP contribution in [0.25, 0.3) is 0 Å². The van der Waals surface area contributed by atoms with Crippen LogP contribution in [0.5, 0.6) is 5.75 Å². The maximum atomic E-state index is 12.9. The Morgan fingerprint density at radius 3 is 2.57 bits per heavy atom. The number of carbonyl (C=O) groups excluding carboxylic acids is 3. The van der Waals surface area contributed by atoms with Gasteiger partial charge in [0.2, 0.25) is 5.91 Å². The van der Waals surface area contributed by atoms with Crippen LogP contribution in [0.4, 0.5) is 11.4 Å². The highest BCUT2D eigenvalue weighted by atomic mass is 35.5. The minimum Gasteiger partial charge on any atom is -0.495 e. The van der Waals surface area contributed by atoms with E-state index < -0.39 is 29.8 Å². The quantitative estimate of drug-likeness (QED) is 0.738. The zero-order valence-corrected chi connectivity index (χ0v) is 17.0. The molecule has 0 saturated carbocycles. The van der Waals surface area contributed by atoms with Crippen LogP contribution in [-0.2, 0) is 14.4 Å². The lowest BCUT2D eigenvalue weighted by Gasteiger charge is -2.20. The lowest BCUT2D eigenvalue weighted by molar-refractivity contribution is -0.123. The lowest BCUT2D eigenvalue weighted by Crippen LogP contribution is -2.43. The number of amides is 3. The van der Waals surface area contributed by atoms with Gasteiger partial charge in [0.25, 0.3) is 11.8 Å². The first kappa shape index (κ1) is 19.8. The molecule has 154 valence electrons. The number of hydrogen-bond acceptors (Lipinski definition) is 7. The number of methoxy groups -OCH3 is 1. The minimum absolute atomic E-state index is 0.241. The second kappa shape index (κ2) is 7.75. The Kier molecular flexibility index (Phi) is 5.13. The van der Waals surface area contributed by atoms with Crippen molar-refractivity contribution in [1.29, 1.82) is 0 Å². The van der Waals surface area contributed by atoms with Crippen LogP contribution in [0.2, 0.25) is 5.02 Å². The molecule has 1 saturated heterocycles. The van der Waals surface area contributed by atoms with Gasteiger partial charge in [-0.3, -0.25) is 19.4 Å². The van der Waals surface area contributed by atoms with E-state index in [0.717, 1.165) is 10.5 Å². The van der Waals surface area contributed by atoms with E-state index in [1.165, 1.54) is 12.1 Å². The van der Waals surface area contributed by atoms with Crippen molar-refractivity contribution in [2.45, 2.75) is 19.0 Å². The third-order valence-electron chi connectivity index (χ3n) is 4.89. The average Bonchev–Trinajstić information content (AvgIpc) is 3.23. The number of hydrogen-bond donors (Lipinski definition) is 1. The fourth-order valence-electron chi connectivity index (χ4n) is 3.39. The summed E-state index contributed by atoms with van der Waals surface area (Å²) >= 11 is 6.07. The van der Waals surface area contributed by atoms with Crippen molar-refractivity contribution >= 4 is 40.7 Å². The van der Waals surface area contributed by atoms with Crippen molar-refractivity contribution in [1.82, 2.24) is 5.01 Å². The first-order valence-corrected chi connectivity index (χ1v) is 9.52. The number of nitrogens with one attached hydrogen (secondary N) is 1. The molecule has 0 radical (unpaired) electrons. The summed E-state index contributed by atoms with van der Waals surface area (Å²) in [6, 6.07) is 9.96. The largest absolute Gasteiger partial charge is 0.495 e. The molecule has 2 aliphatic rings. The molecule has 4 rings (SSSR count). The maximum absolute atomic E-state index is 12.9. The number of nitrogens with zero attached hydrogens (tertiary/aromatic N) is 4. The van der Waals surface area contributed by atoms with Crippen molar-refractivity contribution in [3.05, 3.63) is 53.1 Å². The molecule has 0 bridgehead atoms. The van der Waals surface area contributed by atoms with Crippen molar-refractivity contribution in [2.24, 2.45) is 10.3 Å². The Morgan fingerprint density at radius 1 is 1.17 bits per heavy atom. The first-order chi connectivity index (χ1) is 14.4. The zero-order chi connectivity index (χ0) is 21.4. The number of anilines is 2. The van der Waals surface area contributed by atoms with Crippen LogP contribution >= 0.6 is 11.6 Å². The topological polar surface area (TPSA) is 104 Å². The molecule has 9 nitrogen and oxygen atoms in total. The van der Waals surface area contributed by atoms with Crippen LogP contribution in [-0.4, -0.2) is 48.5 Å².